The molecule has 22 heavy (non-hydrogen) atoms. The van der Waals surface area contributed by atoms with Crippen LogP contribution < -0.4 is 5.32 Å². The molecular weight excluding hydrogens is 302 g/mol. The fourth-order valence-corrected chi connectivity index (χ4v) is 2.31. The molecule has 0 saturated heterocycles. The molecule has 1 N–H and O–H groups in total. The minimum absolute atomic E-state index is 0.205. The van der Waals surface area contributed by atoms with Crippen molar-refractivity contribution in [3.63, 3.8) is 0 Å². The van der Waals surface area contributed by atoms with Crippen molar-refractivity contribution in [2.24, 2.45) is 0 Å². The number of carbonyl (C=O) groups is 1. The van der Waals surface area contributed by atoms with Gasteiger partial charge in [-0.25, -0.2) is 9.67 Å². The molecule has 0 aliphatic rings. The molecule has 0 atom stereocenters. The van der Waals surface area contributed by atoms with E-state index in [0.29, 0.717) is 23.9 Å². The predicted molar refractivity (Wildman–Crippen MR) is 86.7 cm³/mol. The molecule has 0 saturated carbocycles. The van der Waals surface area contributed by atoms with Gasteiger partial charge in [-0.1, -0.05) is 11.6 Å². The number of hydrogen-bond donors (Lipinski definition) is 1. The second-order valence-corrected chi connectivity index (χ2v) is 5.58. The number of nitrogens with one attached hydrogen (secondary N) is 1. The van der Waals surface area contributed by atoms with Crippen LogP contribution in [0.25, 0.3) is 5.82 Å². The van der Waals surface area contributed by atoms with Crippen molar-refractivity contribution < 1.29 is 4.79 Å². The van der Waals surface area contributed by atoms with Crippen molar-refractivity contribution in [2.75, 3.05) is 27.2 Å². The van der Waals surface area contributed by atoms with Gasteiger partial charge in [0.25, 0.3) is 5.91 Å². The highest BCUT2D eigenvalue weighted by atomic mass is 35.5. The van der Waals surface area contributed by atoms with E-state index in [2.05, 4.69) is 15.4 Å². The number of halogens is 1. The summed E-state index contributed by atoms with van der Waals surface area (Å²) in [5, 5.41) is 7.73. The Bertz CT molecular complexity index is 683. The zero-order chi connectivity index (χ0) is 16.3. The van der Waals surface area contributed by atoms with E-state index in [1.807, 2.05) is 27.0 Å². The Labute approximate surface area is 135 Å². The van der Waals surface area contributed by atoms with Gasteiger partial charge in [0, 0.05) is 25.8 Å². The molecule has 0 radical (unpaired) electrons. The minimum Gasteiger partial charge on any atom is -0.339 e. The normalized spacial score (nSPS) is 10.8. The van der Waals surface area contributed by atoms with Gasteiger partial charge in [0.05, 0.1) is 10.7 Å². The van der Waals surface area contributed by atoms with E-state index in [-0.39, 0.29) is 11.6 Å². The lowest BCUT2D eigenvalue weighted by Crippen LogP contribution is -2.33. The summed E-state index contributed by atoms with van der Waals surface area (Å²) in [4.78, 5) is 18.5. The molecule has 7 heteroatoms. The highest BCUT2D eigenvalue weighted by Crippen LogP contribution is 2.19. The van der Waals surface area contributed by atoms with Crippen LogP contribution in [0, 0.1) is 13.8 Å². The third-order valence-corrected chi connectivity index (χ3v) is 3.61. The van der Waals surface area contributed by atoms with E-state index in [1.165, 1.54) is 0 Å². The number of amides is 1. The van der Waals surface area contributed by atoms with Crippen LogP contribution in [0.2, 0.25) is 5.02 Å². The van der Waals surface area contributed by atoms with Gasteiger partial charge in [-0.15, -0.1) is 0 Å². The van der Waals surface area contributed by atoms with Crippen molar-refractivity contribution in [2.45, 2.75) is 13.8 Å². The number of carbonyl (C=O) groups excluding carboxylic acids is 1. The van der Waals surface area contributed by atoms with Gasteiger partial charge in [-0.2, -0.15) is 5.10 Å². The van der Waals surface area contributed by atoms with E-state index < -0.39 is 0 Å². The Morgan fingerprint density at radius 3 is 2.73 bits per heavy atom. The van der Waals surface area contributed by atoms with Gasteiger partial charge in [0.2, 0.25) is 0 Å². The fraction of sp³-hybridized carbons (Fsp3) is 0.400. The average molecular weight is 322 g/mol. The smallest absolute Gasteiger partial charge is 0.273 e. The van der Waals surface area contributed by atoms with Crippen LogP contribution in [0.5, 0.6) is 0 Å². The molecule has 2 aromatic heterocycles. The average Bonchev–Trinajstić information content (AvgIpc) is 2.83. The van der Waals surface area contributed by atoms with Crippen molar-refractivity contribution in [3.05, 3.63) is 40.3 Å². The number of aryl methyl sites for hydroxylation is 2. The predicted octanol–water partition coefficient (Wildman–Crippen LogP) is 1.83. The van der Waals surface area contributed by atoms with E-state index in [9.17, 15) is 4.79 Å². The summed E-state index contributed by atoms with van der Waals surface area (Å²) in [7, 11) is 3.57. The summed E-state index contributed by atoms with van der Waals surface area (Å²) < 4.78 is 1.70. The number of pyridine rings is 1. The monoisotopic (exact) mass is 321 g/mol. The van der Waals surface area contributed by atoms with Crippen LogP contribution in [-0.4, -0.2) is 52.8 Å². The maximum Gasteiger partial charge on any atom is 0.273 e. The number of rotatable bonds is 5. The molecule has 0 fully saturated rings. The molecule has 2 heterocycles. The van der Waals surface area contributed by atoms with Crippen LogP contribution >= 0.6 is 11.6 Å². The lowest BCUT2D eigenvalue weighted by molar-refractivity contribution is 0.0791. The Morgan fingerprint density at radius 1 is 1.41 bits per heavy atom. The topological polar surface area (TPSA) is 63.1 Å². The summed E-state index contributed by atoms with van der Waals surface area (Å²) in [5.41, 5.74) is 2.09. The Morgan fingerprint density at radius 2 is 2.14 bits per heavy atom. The summed E-state index contributed by atoms with van der Waals surface area (Å²) in [6.07, 6.45) is 0. The summed E-state index contributed by atoms with van der Waals surface area (Å²) >= 11 is 6.15. The van der Waals surface area contributed by atoms with Gasteiger partial charge in [0.1, 0.15) is 5.69 Å². The molecule has 0 bridgehead atoms. The third kappa shape index (κ3) is 3.45. The highest BCUT2D eigenvalue weighted by Gasteiger charge is 2.18. The minimum atomic E-state index is -0.205. The Kier molecular flexibility index (Phi) is 5.15. The van der Waals surface area contributed by atoms with Crippen LogP contribution in [0.15, 0.2) is 18.2 Å². The molecule has 6 nitrogen and oxygen atoms in total. The first-order chi connectivity index (χ1) is 10.4. The first-order valence-electron chi connectivity index (χ1n) is 7.04. The second kappa shape index (κ2) is 6.89. The van der Waals surface area contributed by atoms with E-state index >= 15 is 0 Å². The van der Waals surface area contributed by atoms with Crippen molar-refractivity contribution in [1.82, 2.24) is 25.0 Å². The molecule has 0 unspecified atom stereocenters. The maximum atomic E-state index is 12.5. The molecule has 2 aromatic rings. The van der Waals surface area contributed by atoms with Gasteiger partial charge in [0.15, 0.2) is 5.82 Å². The van der Waals surface area contributed by atoms with Gasteiger partial charge in [-0.05, 0) is 39.1 Å². The molecule has 0 aliphatic heterocycles. The van der Waals surface area contributed by atoms with Crippen molar-refractivity contribution in [1.29, 1.82) is 0 Å². The molecule has 0 spiro atoms. The first-order valence-corrected chi connectivity index (χ1v) is 7.42. The second-order valence-electron chi connectivity index (χ2n) is 5.17. The van der Waals surface area contributed by atoms with E-state index in [4.69, 9.17) is 11.6 Å². The van der Waals surface area contributed by atoms with Crippen LogP contribution in [0.1, 0.15) is 21.9 Å². The summed E-state index contributed by atoms with van der Waals surface area (Å²) in [6, 6.07) is 5.39. The molecule has 2 rings (SSSR count). The SMILES string of the molecule is CNCCN(C)C(=O)c1nc(-n2nc(C)cc2C)ccc1Cl. The molecule has 118 valence electrons. The summed E-state index contributed by atoms with van der Waals surface area (Å²) in [5.74, 6) is 0.379. The van der Waals surface area contributed by atoms with Gasteiger partial charge >= 0.3 is 0 Å². The van der Waals surface area contributed by atoms with Crippen LogP contribution in [0.4, 0.5) is 0 Å². The Balaban J connectivity index is 2.35. The van der Waals surface area contributed by atoms with Gasteiger partial charge < -0.3 is 10.2 Å². The van der Waals surface area contributed by atoms with Crippen LogP contribution in [0.3, 0.4) is 0 Å². The van der Waals surface area contributed by atoms with Crippen molar-refractivity contribution >= 4 is 17.5 Å². The van der Waals surface area contributed by atoms with Crippen molar-refractivity contribution in [3.8, 4) is 5.82 Å². The number of likely N-dealkylation sites (N-methyl/N-ethyl adjacent to an activating group) is 2. The third-order valence-electron chi connectivity index (χ3n) is 3.30. The zero-order valence-corrected chi connectivity index (χ0v) is 14.0. The number of hydrogen-bond acceptors (Lipinski definition) is 4. The van der Waals surface area contributed by atoms with Gasteiger partial charge in [-0.3, -0.25) is 4.79 Å². The lowest BCUT2D eigenvalue weighted by Gasteiger charge is -2.17. The first kappa shape index (κ1) is 16.5. The highest BCUT2D eigenvalue weighted by molar-refractivity contribution is 6.33. The number of aromatic nitrogens is 3. The zero-order valence-electron chi connectivity index (χ0n) is 13.2. The largest absolute Gasteiger partial charge is 0.339 e. The molecule has 1 amide bonds. The van der Waals surface area contributed by atoms with E-state index in [1.54, 1.807) is 28.8 Å². The standard InChI is InChI=1S/C15H20ClN5O/c1-10-9-11(2)21(19-10)13-6-5-12(16)14(18-13)15(22)20(4)8-7-17-3/h5-6,9,17H,7-8H2,1-4H3. The molecule has 0 aliphatic carbocycles. The van der Waals surface area contributed by atoms with Crippen LogP contribution in [-0.2, 0) is 0 Å². The number of nitrogens with zero attached hydrogens (tertiary/aromatic N) is 4. The quantitative estimate of drug-likeness (QED) is 0.912. The Hall–Kier alpha value is -1.92. The van der Waals surface area contributed by atoms with E-state index in [0.717, 1.165) is 11.4 Å². The maximum absolute atomic E-state index is 12.5. The molecular formula is C15H20ClN5O. The molecule has 0 aromatic carbocycles. The summed E-state index contributed by atoms with van der Waals surface area (Å²) in [6.45, 7) is 5.14. The fourth-order valence-electron chi connectivity index (χ4n) is 2.12. The lowest BCUT2D eigenvalue weighted by atomic mass is 10.3.